The molecule has 0 spiro atoms. The minimum absolute atomic E-state index is 0.122. The lowest BCUT2D eigenvalue weighted by Crippen LogP contribution is -1.97. The van der Waals surface area contributed by atoms with Gasteiger partial charge >= 0.3 is 0 Å². The first-order valence-corrected chi connectivity index (χ1v) is 5.46. The molecule has 0 atom stereocenters. The summed E-state index contributed by atoms with van der Waals surface area (Å²) < 4.78 is 11.1. The third-order valence-corrected chi connectivity index (χ3v) is 2.98. The van der Waals surface area contributed by atoms with Crippen molar-refractivity contribution in [3.8, 4) is 5.75 Å². The first-order valence-electron chi connectivity index (χ1n) is 5.46. The van der Waals surface area contributed by atoms with Crippen LogP contribution in [-0.4, -0.2) is 5.11 Å². The molecule has 0 bridgehead atoms. The number of phenolic OH excluding ortho intramolecular Hbond substituents is 1. The Morgan fingerprint density at radius 1 is 1.06 bits per heavy atom. The number of aromatic hydroxyl groups is 1. The van der Waals surface area contributed by atoms with E-state index in [4.69, 9.17) is 14.6 Å². The Morgan fingerprint density at radius 3 is 2.29 bits per heavy atom. The summed E-state index contributed by atoms with van der Waals surface area (Å²) >= 11 is 0. The second kappa shape index (κ2) is 3.28. The van der Waals surface area contributed by atoms with Crippen LogP contribution < -0.4 is 5.73 Å². The van der Waals surface area contributed by atoms with Gasteiger partial charge in [0.25, 0.3) is 0 Å². The molecule has 0 saturated heterocycles. The molecule has 3 aromatic rings. The Morgan fingerprint density at radius 2 is 1.65 bits per heavy atom. The van der Waals surface area contributed by atoms with E-state index in [-0.39, 0.29) is 5.75 Å². The summed E-state index contributed by atoms with van der Waals surface area (Å²) in [6.07, 6.45) is 0. The minimum Gasteiger partial charge on any atom is -0.504 e. The number of hydrogen-bond donors (Lipinski definition) is 2. The zero-order valence-corrected chi connectivity index (χ0v) is 9.70. The van der Waals surface area contributed by atoms with Gasteiger partial charge in [0.1, 0.15) is 17.1 Å². The molecule has 0 amide bonds. The summed E-state index contributed by atoms with van der Waals surface area (Å²) in [6.45, 7) is 4.03. The highest BCUT2D eigenvalue weighted by Gasteiger charge is 2.19. The van der Waals surface area contributed by atoms with Crippen LogP contribution in [0, 0.1) is 13.8 Å². The van der Waals surface area contributed by atoms with Gasteiger partial charge in [0.05, 0.1) is 5.39 Å². The number of benzene rings is 1. The average molecular weight is 231 g/mol. The Bertz CT molecular complexity index is 663. The molecule has 1 aromatic carbocycles. The van der Waals surface area contributed by atoms with Crippen molar-refractivity contribution in [2.24, 2.45) is 5.73 Å². The summed E-state index contributed by atoms with van der Waals surface area (Å²) in [7, 11) is 0. The molecule has 17 heavy (non-hydrogen) atoms. The first-order chi connectivity index (χ1) is 8.11. The Kier molecular flexibility index (Phi) is 1.97. The molecule has 88 valence electrons. The molecule has 0 unspecified atom stereocenters. The first kappa shape index (κ1) is 10.2. The Hall–Kier alpha value is -1.94. The lowest BCUT2D eigenvalue weighted by atomic mass is 10.1. The smallest absolute Gasteiger partial charge is 0.177 e. The van der Waals surface area contributed by atoms with Crippen LogP contribution in [0.5, 0.6) is 5.75 Å². The molecule has 0 saturated carbocycles. The molecular weight excluding hydrogens is 218 g/mol. The van der Waals surface area contributed by atoms with E-state index in [1.807, 2.05) is 19.9 Å². The fourth-order valence-corrected chi connectivity index (χ4v) is 2.28. The predicted molar refractivity (Wildman–Crippen MR) is 65.0 cm³/mol. The number of rotatable bonds is 1. The predicted octanol–water partition coefficient (Wildman–Crippen LogP) is 2.96. The maximum absolute atomic E-state index is 10.2. The standard InChI is InChI=1S/C13H13NO3/c1-6-3-8-10(5-14)12-9(4-7(2)16-12)11(15)13(8)17-6/h3-4,15H,5,14H2,1-2H3. The van der Waals surface area contributed by atoms with E-state index >= 15 is 0 Å². The third kappa shape index (κ3) is 1.27. The van der Waals surface area contributed by atoms with Gasteiger partial charge < -0.3 is 19.7 Å². The van der Waals surface area contributed by atoms with Crippen LogP contribution in [0.1, 0.15) is 17.1 Å². The van der Waals surface area contributed by atoms with Crippen LogP contribution in [-0.2, 0) is 6.54 Å². The maximum atomic E-state index is 10.2. The monoisotopic (exact) mass is 231 g/mol. The number of furan rings is 2. The van der Waals surface area contributed by atoms with Gasteiger partial charge in [-0.25, -0.2) is 0 Å². The van der Waals surface area contributed by atoms with Crippen LogP contribution in [0.3, 0.4) is 0 Å². The van der Waals surface area contributed by atoms with Crippen molar-refractivity contribution in [2.45, 2.75) is 20.4 Å². The number of nitrogens with two attached hydrogens (primary N) is 1. The van der Waals surface area contributed by atoms with E-state index in [0.717, 1.165) is 22.5 Å². The van der Waals surface area contributed by atoms with Crippen molar-refractivity contribution in [3.63, 3.8) is 0 Å². The fourth-order valence-electron chi connectivity index (χ4n) is 2.28. The van der Waals surface area contributed by atoms with Crippen molar-refractivity contribution in [1.82, 2.24) is 0 Å². The highest BCUT2D eigenvalue weighted by molar-refractivity contribution is 6.04. The van der Waals surface area contributed by atoms with E-state index < -0.39 is 0 Å². The van der Waals surface area contributed by atoms with Gasteiger partial charge in [0.2, 0.25) is 0 Å². The second-order valence-corrected chi connectivity index (χ2v) is 4.23. The molecule has 2 heterocycles. The van der Waals surface area contributed by atoms with Crippen LogP contribution in [0.4, 0.5) is 0 Å². The van der Waals surface area contributed by atoms with Gasteiger partial charge in [-0.1, -0.05) is 0 Å². The quantitative estimate of drug-likeness (QED) is 0.675. The van der Waals surface area contributed by atoms with E-state index in [1.54, 1.807) is 6.07 Å². The molecule has 0 aliphatic heterocycles. The average Bonchev–Trinajstić information content (AvgIpc) is 2.83. The summed E-state index contributed by atoms with van der Waals surface area (Å²) in [5, 5.41) is 11.6. The van der Waals surface area contributed by atoms with Crippen LogP contribution >= 0.6 is 0 Å². The SMILES string of the molecule is Cc1cc2c(CN)c3oc(C)cc3c(O)c2o1. The number of phenols is 1. The largest absolute Gasteiger partial charge is 0.504 e. The number of aryl methyl sites for hydroxylation is 2. The lowest BCUT2D eigenvalue weighted by molar-refractivity contribution is 0.466. The van der Waals surface area contributed by atoms with Gasteiger partial charge in [0, 0.05) is 17.5 Å². The maximum Gasteiger partial charge on any atom is 0.177 e. The highest BCUT2D eigenvalue weighted by Crippen LogP contribution is 2.40. The van der Waals surface area contributed by atoms with Crippen LogP contribution in [0.25, 0.3) is 21.9 Å². The normalized spacial score (nSPS) is 11.7. The molecule has 3 rings (SSSR count). The Labute approximate surface area is 97.6 Å². The molecule has 4 heteroatoms. The zero-order chi connectivity index (χ0) is 12.2. The highest BCUT2D eigenvalue weighted by atomic mass is 16.4. The number of fused-ring (bicyclic) bond motifs is 2. The van der Waals surface area contributed by atoms with Crippen molar-refractivity contribution < 1.29 is 13.9 Å². The third-order valence-electron chi connectivity index (χ3n) is 2.98. The molecule has 0 aliphatic carbocycles. The molecule has 0 aliphatic rings. The number of hydrogen-bond acceptors (Lipinski definition) is 4. The summed E-state index contributed by atoms with van der Waals surface area (Å²) in [4.78, 5) is 0. The summed E-state index contributed by atoms with van der Waals surface area (Å²) in [5.74, 6) is 1.61. The summed E-state index contributed by atoms with van der Waals surface area (Å²) in [6, 6.07) is 3.66. The van der Waals surface area contributed by atoms with Gasteiger partial charge in [0.15, 0.2) is 11.3 Å². The van der Waals surface area contributed by atoms with Crippen LogP contribution in [0.15, 0.2) is 21.0 Å². The van der Waals surface area contributed by atoms with Crippen molar-refractivity contribution in [1.29, 1.82) is 0 Å². The van der Waals surface area contributed by atoms with Gasteiger partial charge in [-0.3, -0.25) is 0 Å². The second-order valence-electron chi connectivity index (χ2n) is 4.23. The molecule has 0 fully saturated rings. The van der Waals surface area contributed by atoms with Gasteiger partial charge in [-0.05, 0) is 26.0 Å². The molecule has 3 N–H and O–H groups in total. The molecule has 4 nitrogen and oxygen atoms in total. The van der Waals surface area contributed by atoms with Crippen molar-refractivity contribution in [3.05, 3.63) is 29.2 Å². The summed E-state index contributed by atoms with van der Waals surface area (Å²) in [5.41, 5.74) is 7.77. The molecule has 2 aromatic heterocycles. The van der Waals surface area contributed by atoms with E-state index in [9.17, 15) is 5.11 Å². The lowest BCUT2D eigenvalue weighted by Gasteiger charge is -2.02. The topological polar surface area (TPSA) is 72.5 Å². The van der Waals surface area contributed by atoms with Gasteiger partial charge in [-0.15, -0.1) is 0 Å². The Balaban J connectivity index is 2.60. The van der Waals surface area contributed by atoms with E-state index in [2.05, 4.69) is 0 Å². The van der Waals surface area contributed by atoms with Crippen LogP contribution in [0.2, 0.25) is 0 Å². The fraction of sp³-hybridized carbons (Fsp3) is 0.231. The minimum atomic E-state index is 0.122. The van der Waals surface area contributed by atoms with E-state index in [0.29, 0.717) is 23.1 Å². The zero-order valence-electron chi connectivity index (χ0n) is 9.70. The molecule has 0 radical (unpaired) electrons. The van der Waals surface area contributed by atoms with Gasteiger partial charge in [-0.2, -0.15) is 0 Å². The van der Waals surface area contributed by atoms with Crippen molar-refractivity contribution >= 4 is 21.9 Å². The van der Waals surface area contributed by atoms with E-state index in [1.165, 1.54) is 0 Å². The molecular formula is C13H13NO3. The van der Waals surface area contributed by atoms with Crippen molar-refractivity contribution in [2.75, 3.05) is 0 Å².